The van der Waals surface area contributed by atoms with Gasteiger partial charge >= 0.3 is 0 Å². The van der Waals surface area contributed by atoms with Gasteiger partial charge in [0.2, 0.25) is 0 Å². The molecule has 0 bridgehead atoms. The summed E-state index contributed by atoms with van der Waals surface area (Å²) < 4.78 is 25.8. The van der Waals surface area contributed by atoms with E-state index in [1.807, 2.05) is 22.6 Å². The molecule has 6 heteroatoms. The van der Waals surface area contributed by atoms with Crippen LogP contribution in [0.3, 0.4) is 0 Å². The quantitative estimate of drug-likeness (QED) is 0.766. The van der Waals surface area contributed by atoms with Gasteiger partial charge in [-0.2, -0.15) is 0 Å². The van der Waals surface area contributed by atoms with E-state index in [1.165, 1.54) is 18.6 Å². The molecule has 3 rings (SSSR count). The molecule has 4 nitrogen and oxygen atoms in total. The molecule has 1 spiro atoms. The van der Waals surface area contributed by atoms with Crippen LogP contribution in [0.15, 0.2) is 18.2 Å². The van der Waals surface area contributed by atoms with E-state index in [9.17, 15) is 9.18 Å². The fourth-order valence-electron chi connectivity index (χ4n) is 3.04. The molecule has 2 fully saturated rings. The molecule has 1 amide bonds. The van der Waals surface area contributed by atoms with Crippen molar-refractivity contribution in [3.8, 4) is 0 Å². The highest BCUT2D eigenvalue weighted by molar-refractivity contribution is 14.1. The van der Waals surface area contributed by atoms with Gasteiger partial charge in [-0.25, -0.2) is 4.39 Å². The van der Waals surface area contributed by atoms with E-state index in [-0.39, 0.29) is 12.0 Å². The van der Waals surface area contributed by atoms with Crippen molar-refractivity contribution in [1.82, 2.24) is 5.32 Å². The molecule has 1 aliphatic carbocycles. The molecular formula is C16H19FINO3. The predicted molar refractivity (Wildman–Crippen MR) is 88.1 cm³/mol. The second-order valence-corrected chi connectivity index (χ2v) is 7.02. The molecule has 1 saturated carbocycles. The van der Waals surface area contributed by atoms with Gasteiger partial charge in [0.05, 0.1) is 12.2 Å². The minimum absolute atomic E-state index is 0.131. The fourth-order valence-corrected chi connectivity index (χ4v) is 3.62. The van der Waals surface area contributed by atoms with E-state index >= 15 is 0 Å². The van der Waals surface area contributed by atoms with Crippen LogP contribution in [0, 0.1) is 9.39 Å². The number of ether oxygens (including phenoxy) is 2. The van der Waals surface area contributed by atoms with Crippen LogP contribution in [0.1, 0.15) is 42.5 Å². The minimum Gasteiger partial charge on any atom is -0.349 e. The summed E-state index contributed by atoms with van der Waals surface area (Å²) in [7, 11) is 0. The molecule has 2 aliphatic rings. The van der Waals surface area contributed by atoms with Gasteiger partial charge in [0.1, 0.15) is 11.9 Å². The summed E-state index contributed by atoms with van der Waals surface area (Å²) in [6, 6.07) is 4.20. The molecule has 22 heavy (non-hydrogen) atoms. The van der Waals surface area contributed by atoms with Crippen LogP contribution in [-0.2, 0) is 9.47 Å². The van der Waals surface area contributed by atoms with E-state index in [0.717, 1.165) is 29.3 Å². The van der Waals surface area contributed by atoms with Crippen LogP contribution in [0.5, 0.6) is 0 Å². The molecule has 1 saturated heterocycles. The number of amides is 1. The van der Waals surface area contributed by atoms with Crippen molar-refractivity contribution in [2.45, 2.75) is 44.0 Å². The lowest BCUT2D eigenvalue weighted by Gasteiger charge is -2.31. The molecule has 1 aromatic carbocycles. The Kier molecular flexibility index (Phi) is 4.99. The summed E-state index contributed by atoms with van der Waals surface area (Å²) in [4.78, 5) is 12.2. The third-order valence-corrected chi connectivity index (χ3v) is 5.13. The van der Waals surface area contributed by atoms with Crippen LogP contribution < -0.4 is 5.32 Å². The van der Waals surface area contributed by atoms with Gasteiger partial charge in [0.15, 0.2) is 5.79 Å². The van der Waals surface area contributed by atoms with E-state index in [1.54, 1.807) is 6.07 Å². The molecule has 1 unspecified atom stereocenters. The zero-order chi connectivity index (χ0) is 15.6. The zero-order valence-corrected chi connectivity index (χ0v) is 14.4. The van der Waals surface area contributed by atoms with Gasteiger partial charge in [-0.15, -0.1) is 0 Å². The first-order valence-electron chi connectivity index (χ1n) is 7.63. The number of halogens is 2. The molecule has 0 aromatic heterocycles. The summed E-state index contributed by atoms with van der Waals surface area (Å²) in [5.41, 5.74) is 0.354. The number of hydrogen-bond acceptors (Lipinski definition) is 3. The molecule has 120 valence electrons. The fraction of sp³-hybridized carbons (Fsp3) is 0.562. The molecule has 1 N–H and O–H groups in total. The Balaban J connectivity index is 1.54. The minimum atomic E-state index is -0.430. The van der Waals surface area contributed by atoms with Crippen molar-refractivity contribution in [3.05, 3.63) is 33.1 Å². The zero-order valence-electron chi connectivity index (χ0n) is 12.2. The van der Waals surface area contributed by atoms with Gasteiger partial charge in [0.25, 0.3) is 5.91 Å². The largest absolute Gasteiger partial charge is 0.349 e. The Labute approximate surface area is 142 Å². The molecule has 1 aliphatic heterocycles. The SMILES string of the molecule is O=C(NCC1COC2(CCCCC2)O1)c1cc(F)ccc1I. The highest BCUT2D eigenvalue weighted by Gasteiger charge is 2.42. The normalized spacial score (nSPS) is 23.6. The lowest BCUT2D eigenvalue weighted by Crippen LogP contribution is -2.37. The maximum absolute atomic E-state index is 13.3. The average Bonchev–Trinajstić information content (AvgIpc) is 2.91. The first-order chi connectivity index (χ1) is 10.6. The van der Waals surface area contributed by atoms with Crippen molar-refractivity contribution in [2.75, 3.05) is 13.2 Å². The van der Waals surface area contributed by atoms with Gasteiger partial charge in [0, 0.05) is 23.0 Å². The Morgan fingerprint density at radius 2 is 2.14 bits per heavy atom. The highest BCUT2D eigenvalue weighted by Crippen LogP contribution is 2.37. The van der Waals surface area contributed by atoms with E-state index in [4.69, 9.17) is 9.47 Å². The second kappa shape index (κ2) is 6.80. The van der Waals surface area contributed by atoms with Crippen LogP contribution in [0.2, 0.25) is 0 Å². The smallest absolute Gasteiger partial charge is 0.252 e. The standard InChI is InChI=1S/C16H19FINO3/c17-11-4-5-14(18)13(8-11)15(20)19-9-12-10-21-16(22-12)6-2-1-3-7-16/h4-5,8,12H,1-3,6-7,9-10H2,(H,19,20). The third-order valence-electron chi connectivity index (χ3n) is 4.19. The van der Waals surface area contributed by atoms with Gasteiger partial charge in [-0.05, 0) is 53.6 Å². The van der Waals surface area contributed by atoms with E-state index < -0.39 is 11.6 Å². The van der Waals surface area contributed by atoms with Gasteiger partial charge in [-0.1, -0.05) is 6.42 Å². The second-order valence-electron chi connectivity index (χ2n) is 5.86. The van der Waals surface area contributed by atoms with Gasteiger partial charge in [-0.3, -0.25) is 4.79 Å². The summed E-state index contributed by atoms with van der Waals surface area (Å²) in [6.07, 6.45) is 5.21. The summed E-state index contributed by atoms with van der Waals surface area (Å²) >= 11 is 2.03. The molecule has 1 heterocycles. The van der Waals surface area contributed by atoms with Crippen molar-refractivity contribution >= 4 is 28.5 Å². The number of hydrogen-bond donors (Lipinski definition) is 1. The van der Waals surface area contributed by atoms with Crippen molar-refractivity contribution in [3.63, 3.8) is 0 Å². The van der Waals surface area contributed by atoms with E-state index in [2.05, 4.69) is 5.32 Å². The lowest BCUT2D eigenvalue weighted by molar-refractivity contribution is -0.186. The maximum Gasteiger partial charge on any atom is 0.252 e. The number of carbonyl (C=O) groups is 1. The molecule has 0 radical (unpaired) electrons. The Morgan fingerprint density at radius 3 is 2.91 bits per heavy atom. The average molecular weight is 419 g/mol. The predicted octanol–water partition coefficient (Wildman–Crippen LogP) is 3.24. The van der Waals surface area contributed by atoms with Crippen molar-refractivity contribution in [2.24, 2.45) is 0 Å². The van der Waals surface area contributed by atoms with E-state index in [0.29, 0.717) is 18.7 Å². The van der Waals surface area contributed by atoms with Crippen LogP contribution >= 0.6 is 22.6 Å². The number of rotatable bonds is 3. The molecule has 1 atom stereocenters. The topological polar surface area (TPSA) is 47.6 Å². The Hall–Kier alpha value is -0.730. The Morgan fingerprint density at radius 1 is 1.36 bits per heavy atom. The first-order valence-corrected chi connectivity index (χ1v) is 8.71. The number of nitrogens with one attached hydrogen (secondary N) is 1. The molecular weight excluding hydrogens is 400 g/mol. The Bertz CT molecular complexity index is 560. The van der Waals surface area contributed by atoms with Crippen molar-refractivity contribution in [1.29, 1.82) is 0 Å². The molecule has 1 aromatic rings. The van der Waals surface area contributed by atoms with Crippen LogP contribution in [-0.4, -0.2) is 30.9 Å². The first kappa shape index (κ1) is 16.1. The van der Waals surface area contributed by atoms with Crippen LogP contribution in [0.4, 0.5) is 4.39 Å². The van der Waals surface area contributed by atoms with Gasteiger partial charge < -0.3 is 14.8 Å². The number of carbonyl (C=O) groups excluding carboxylic acids is 1. The highest BCUT2D eigenvalue weighted by atomic mass is 127. The third kappa shape index (κ3) is 3.60. The summed E-state index contributed by atoms with van der Waals surface area (Å²) in [5.74, 6) is -1.12. The summed E-state index contributed by atoms with van der Waals surface area (Å²) in [5, 5.41) is 2.82. The monoisotopic (exact) mass is 419 g/mol. The lowest BCUT2D eigenvalue weighted by atomic mass is 9.94. The number of benzene rings is 1. The van der Waals surface area contributed by atoms with Crippen molar-refractivity contribution < 1.29 is 18.7 Å². The summed E-state index contributed by atoms with van der Waals surface area (Å²) in [6.45, 7) is 0.883. The van der Waals surface area contributed by atoms with Crippen LogP contribution in [0.25, 0.3) is 0 Å². The maximum atomic E-state index is 13.3.